The highest BCUT2D eigenvalue weighted by molar-refractivity contribution is 6.21. The monoisotopic (exact) mass is 454 g/mol. The van der Waals surface area contributed by atoms with E-state index in [1.807, 2.05) is 25.1 Å². The van der Waals surface area contributed by atoms with Crippen LogP contribution in [0.15, 0.2) is 108 Å². The van der Waals surface area contributed by atoms with Gasteiger partial charge in [0.05, 0.1) is 0 Å². The Morgan fingerprint density at radius 3 is 2.29 bits per heavy atom. The van der Waals surface area contributed by atoms with E-state index >= 15 is 0 Å². The lowest BCUT2D eigenvalue weighted by atomic mass is 9.97. The number of benzene rings is 5. The average Bonchev–Trinajstić information content (AvgIpc) is 3.31. The Labute approximate surface area is 208 Å². The molecule has 0 aliphatic heterocycles. The molecule has 0 amide bonds. The SMILES string of the molecule is [2H]C([2H])([2H])c1ccc(C(=C/C=N)/C=C(\C)c2cccc3c2oc2c3ccc3c4ccccc4ccc32)cc1. The molecule has 0 unspecified atom stereocenters. The van der Waals surface area contributed by atoms with E-state index in [1.54, 1.807) is 30.3 Å². The third-order valence-electron chi connectivity index (χ3n) is 6.66. The van der Waals surface area contributed by atoms with Crippen LogP contribution < -0.4 is 0 Å². The van der Waals surface area contributed by atoms with Crippen LogP contribution in [-0.4, -0.2) is 6.21 Å². The van der Waals surface area contributed by atoms with E-state index in [9.17, 15) is 0 Å². The summed E-state index contributed by atoms with van der Waals surface area (Å²) in [5, 5.41) is 14.5. The van der Waals surface area contributed by atoms with Crippen molar-refractivity contribution in [2.24, 2.45) is 0 Å². The van der Waals surface area contributed by atoms with Crippen LogP contribution in [0.5, 0.6) is 0 Å². The quantitative estimate of drug-likeness (QED) is 0.161. The van der Waals surface area contributed by atoms with Gasteiger partial charge in [-0.2, -0.15) is 0 Å². The van der Waals surface area contributed by atoms with Crippen LogP contribution in [0.3, 0.4) is 0 Å². The maximum absolute atomic E-state index is 7.67. The molecular weight excluding hydrogens is 426 g/mol. The number of nitrogens with one attached hydrogen (secondary N) is 1. The molecule has 0 saturated carbocycles. The first-order valence-electron chi connectivity index (χ1n) is 13.1. The van der Waals surface area contributed by atoms with Crippen LogP contribution in [0.4, 0.5) is 0 Å². The Morgan fingerprint density at radius 2 is 1.46 bits per heavy atom. The fraction of sp³-hybridized carbons (Fsp3) is 0.0606. The van der Waals surface area contributed by atoms with Crippen molar-refractivity contribution in [3.8, 4) is 0 Å². The molecule has 2 nitrogen and oxygen atoms in total. The number of rotatable bonds is 4. The van der Waals surface area contributed by atoms with E-state index in [2.05, 4.69) is 54.6 Å². The van der Waals surface area contributed by atoms with Crippen LogP contribution in [0.1, 0.15) is 27.7 Å². The van der Waals surface area contributed by atoms with Gasteiger partial charge in [0.2, 0.25) is 0 Å². The topological polar surface area (TPSA) is 37.0 Å². The maximum atomic E-state index is 7.67. The van der Waals surface area contributed by atoms with Gasteiger partial charge in [-0.25, -0.2) is 0 Å². The lowest BCUT2D eigenvalue weighted by Crippen LogP contribution is -1.86. The fourth-order valence-corrected chi connectivity index (χ4v) is 4.95. The zero-order chi connectivity index (χ0) is 26.4. The molecule has 6 aromatic rings. The number of fused-ring (bicyclic) bond motifs is 7. The Morgan fingerprint density at radius 1 is 0.743 bits per heavy atom. The number of hydrogen-bond donors (Lipinski definition) is 1. The molecule has 1 N–H and O–H groups in total. The van der Waals surface area contributed by atoms with Gasteiger partial charge in [0.15, 0.2) is 0 Å². The predicted molar refractivity (Wildman–Crippen MR) is 150 cm³/mol. The van der Waals surface area contributed by atoms with E-state index in [0.717, 1.165) is 49.6 Å². The Hall–Kier alpha value is -4.43. The van der Waals surface area contributed by atoms with Gasteiger partial charge in [-0.3, -0.25) is 0 Å². The summed E-state index contributed by atoms with van der Waals surface area (Å²) in [6.45, 7) is -0.120. The summed E-state index contributed by atoms with van der Waals surface area (Å²) in [4.78, 5) is 0. The van der Waals surface area contributed by atoms with E-state index in [0.29, 0.717) is 5.56 Å². The van der Waals surface area contributed by atoms with Gasteiger partial charge < -0.3 is 9.83 Å². The van der Waals surface area contributed by atoms with Crippen molar-refractivity contribution in [2.45, 2.75) is 13.8 Å². The molecule has 0 atom stereocenters. The molecule has 0 saturated heterocycles. The van der Waals surface area contributed by atoms with Crippen molar-refractivity contribution in [1.82, 2.24) is 0 Å². The third-order valence-corrected chi connectivity index (χ3v) is 6.66. The molecule has 35 heavy (non-hydrogen) atoms. The first-order chi connectivity index (χ1) is 18.3. The third kappa shape index (κ3) is 3.55. The van der Waals surface area contributed by atoms with Crippen LogP contribution in [-0.2, 0) is 0 Å². The van der Waals surface area contributed by atoms with Gasteiger partial charge in [-0.1, -0.05) is 90.5 Å². The normalized spacial score (nSPS) is 14.4. The summed E-state index contributed by atoms with van der Waals surface area (Å²) < 4.78 is 29.5. The molecule has 0 aliphatic carbocycles. The van der Waals surface area contributed by atoms with Crippen LogP contribution in [0.25, 0.3) is 54.6 Å². The van der Waals surface area contributed by atoms with E-state index in [1.165, 1.54) is 22.4 Å². The smallest absolute Gasteiger partial charge is 0.143 e. The highest BCUT2D eigenvalue weighted by atomic mass is 16.3. The summed E-state index contributed by atoms with van der Waals surface area (Å²) >= 11 is 0. The largest absolute Gasteiger partial charge is 0.455 e. The molecule has 0 aliphatic rings. The van der Waals surface area contributed by atoms with E-state index in [-0.39, 0.29) is 0 Å². The molecule has 0 fully saturated rings. The van der Waals surface area contributed by atoms with Gasteiger partial charge in [0, 0.05) is 32.0 Å². The summed E-state index contributed by atoms with van der Waals surface area (Å²) in [5.74, 6) is 0. The zero-order valence-electron chi connectivity index (χ0n) is 22.3. The minimum absolute atomic E-state index is 0.295. The first-order valence-corrected chi connectivity index (χ1v) is 11.6. The fourth-order valence-electron chi connectivity index (χ4n) is 4.95. The van der Waals surface area contributed by atoms with Crippen LogP contribution in [0.2, 0.25) is 0 Å². The van der Waals surface area contributed by atoms with Gasteiger partial charge in [0.1, 0.15) is 11.2 Å². The minimum atomic E-state index is -2.15. The van der Waals surface area contributed by atoms with Crippen molar-refractivity contribution in [3.63, 3.8) is 0 Å². The van der Waals surface area contributed by atoms with Gasteiger partial charge in [-0.05, 0) is 64.9 Å². The van der Waals surface area contributed by atoms with Crippen LogP contribution in [0, 0.1) is 12.3 Å². The number of aryl methyl sites for hydroxylation is 1. The molecule has 5 aromatic carbocycles. The summed E-state index contributed by atoms with van der Waals surface area (Å²) in [7, 11) is 0. The second-order valence-corrected chi connectivity index (χ2v) is 8.80. The lowest BCUT2D eigenvalue weighted by molar-refractivity contribution is 0.671. The van der Waals surface area contributed by atoms with Crippen LogP contribution >= 0.6 is 0 Å². The van der Waals surface area contributed by atoms with E-state index in [4.69, 9.17) is 13.9 Å². The Bertz CT molecular complexity index is 1920. The Balaban J connectivity index is 1.50. The molecule has 0 radical (unpaired) electrons. The highest BCUT2D eigenvalue weighted by Crippen LogP contribution is 2.39. The van der Waals surface area contributed by atoms with Crippen molar-refractivity contribution < 1.29 is 8.53 Å². The number of para-hydroxylation sites is 1. The summed E-state index contributed by atoms with van der Waals surface area (Å²) in [5.41, 5.74) is 5.61. The predicted octanol–water partition coefficient (Wildman–Crippen LogP) is 9.34. The lowest BCUT2D eigenvalue weighted by Gasteiger charge is -2.07. The Kier molecular flexibility index (Phi) is 4.32. The standard InChI is InChI=1S/C33H25NO/c1-21-10-12-23(13-11-21)25(18-19-34)20-22(2)26-8-5-9-29-31-17-16-28-27-7-4-3-6-24(27)14-15-30(28)33(31)35-32(26)29/h3-20,34H,1-2H3/b22-20+,25-18+,34-19?/i1D3. The second-order valence-electron chi connectivity index (χ2n) is 8.80. The number of allylic oxidation sites excluding steroid dienone is 4. The minimum Gasteiger partial charge on any atom is -0.455 e. The van der Waals surface area contributed by atoms with Crippen molar-refractivity contribution in [1.29, 1.82) is 5.41 Å². The molecule has 168 valence electrons. The van der Waals surface area contributed by atoms with Crippen molar-refractivity contribution in [3.05, 3.63) is 120 Å². The highest BCUT2D eigenvalue weighted by Gasteiger charge is 2.15. The number of hydrogen-bond acceptors (Lipinski definition) is 2. The van der Waals surface area contributed by atoms with Crippen molar-refractivity contribution >= 4 is 60.8 Å². The van der Waals surface area contributed by atoms with Gasteiger partial charge in [0.25, 0.3) is 0 Å². The molecule has 1 heterocycles. The second kappa shape index (κ2) is 8.41. The van der Waals surface area contributed by atoms with Gasteiger partial charge in [-0.15, -0.1) is 0 Å². The van der Waals surface area contributed by atoms with Gasteiger partial charge >= 0.3 is 0 Å². The zero-order valence-corrected chi connectivity index (χ0v) is 19.3. The van der Waals surface area contributed by atoms with Crippen molar-refractivity contribution in [2.75, 3.05) is 0 Å². The molecule has 1 aromatic heterocycles. The molecule has 0 spiro atoms. The molecular formula is C33H25NO. The molecule has 6 rings (SSSR count). The summed E-state index contributed by atoms with van der Waals surface area (Å²) in [6, 6.07) is 30.0. The maximum Gasteiger partial charge on any atom is 0.143 e. The summed E-state index contributed by atoms with van der Waals surface area (Å²) in [6.07, 6.45) is 4.98. The number of furan rings is 1. The molecule has 0 bridgehead atoms. The first kappa shape index (κ1) is 18.0. The average molecular weight is 455 g/mol. The van der Waals surface area contributed by atoms with E-state index < -0.39 is 6.85 Å². The molecule has 2 heteroatoms.